The molecule has 0 saturated heterocycles. The Bertz CT molecular complexity index is 4570. The first kappa shape index (κ1) is 53.1. The number of rotatable bonds is 10. The Morgan fingerprint density at radius 2 is 0.961 bits per heavy atom. The van der Waals surface area contributed by atoms with Crippen LogP contribution in [0, 0.1) is 0 Å². The van der Waals surface area contributed by atoms with Crippen molar-refractivity contribution in [1.29, 1.82) is 0 Å². The number of hydrogen-bond acceptors (Lipinski definition) is 12. The minimum Gasteiger partial charge on any atom is -1.00 e. The SMILES string of the molecule is CCCCc1ccc2cc3c4[n]5c(c3cc2c1)N=C1N=C(N=c2c3cc6ccc(CCCC)cc6cc3c([n]2[In]5)=NC2=NC(=N4)c3cc4ccc(SOOO)cc4cc32)c2cc3ccc(S(=O)(=O)O)cc3cc21.O.[H-].[H-].[Na+].[Na+]. The molecular weight excluding hydrogens is 1120 g/mol. The van der Waals surface area contributed by atoms with Gasteiger partial charge in [-0.2, -0.15) is 0 Å². The monoisotopic (exact) mass is 1170 g/mol. The maximum Gasteiger partial charge on any atom is 1.00 e. The number of amidine groups is 4. The number of aryl methyl sites for hydroxylation is 2. The Labute approximate surface area is 498 Å². The molecule has 1 radical (unpaired) electrons. The number of hydrogen-bond donors (Lipinski definition) is 2. The van der Waals surface area contributed by atoms with Crippen LogP contribution in [-0.4, -0.2) is 75.6 Å². The number of fused-ring (bicyclic) bond motifs is 18. The van der Waals surface area contributed by atoms with Crippen molar-refractivity contribution in [1.82, 2.24) is 5.11 Å². The van der Waals surface area contributed by atoms with Crippen molar-refractivity contribution in [2.24, 2.45) is 30.0 Å². The van der Waals surface area contributed by atoms with E-state index >= 15 is 0 Å². The number of aromatic nitrogens is 2. The van der Waals surface area contributed by atoms with E-state index in [-0.39, 0.29) is 72.3 Å². The van der Waals surface area contributed by atoms with Crippen molar-refractivity contribution in [2.75, 3.05) is 0 Å². The van der Waals surface area contributed by atoms with E-state index in [4.69, 9.17) is 39.5 Å². The van der Waals surface area contributed by atoms with Gasteiger partial charge in [0.25, 0.3) is 0 Å². The molecule has 0 aliphatic carbocycles. The van der Waals surface area contributed by atoms with Crippen LogP contribution in [0.1, 0.15) is 75.8 Å². The topological polar surface area (TPSA) is 209 Å². The molecule has 0 spiro atoms. The summed E-state index contributed by atoms with van der Waals surface area (Å²) in [6.07, 6.45) is 6.34. The summed E-state index contributed by atoms with van der Waals surface area (Å²) >= 11 is -1.57. The number of aliphatic imine (C=N–C) groups is 4. The van der Waals surface area contributed by atoms with Crippen LogP contribution in [0.5, 0.6) is 0 Å². The van der Waals surface area contributed by atoms with Crippen LogP contribution >= 0.6 is 12.0 Å². The van der Waals surface area contributed by atoms with Gasteiger partial charge < -0.3 is 8.33 Å². The summed E-state index contributed by atoms with van der Waals surface area (Å²) in [4.78, 5) is 33.5. The summed E-state index contributed by atoms with van der Waals surface area (Å²) in [5.41, 5.74) is 7.10. The van der Waals surface area contributed by atoms with Gasteiger partial charge in [-0.05, 0) is 0 Å². The van der Waals surface area contributed by atoms with Crippen molar-refractivity contribution >= 4 is 145 Å². The van der Waals surface area contributed by atoms with Gasteiger partial charge in [0.05, 0.1) is 0 Å². The summed E-state index contributed by atoms with van der Waals surface area (Å²) in [6.45, 7) is 4.42. The molecule has 4 aliphatic rings. The summed E-state index contributed by atoms with van der Waals surface area (Å²) in [5.74, 6) is 3.40. The van der Waals surface area contributed by atoms with Gasteiger partial charge in [0, 0.05) is 0 Å². The Balaban J connectivity index is 0.00000148. The van der Waals surface area contributed by atoms with Crippen molar-refractivity contribution in [2.45, 2.75) is 62.2 Å². The third-order valence-electron chi connectivity index (χ3n) is 14.4. The average molecular weight is 1170 g/mol. The molecule has 4 N–H and O–H groups in total. The molecule has 20 heteroatoms. The molecule has 4 aliphatic heterocycles. The van der Waals surface area contributed by atoms with Gasteiger partial charge >= 0.3 is 490 Å². The predicted molar refractivity (Wildman–Crippen MR) is 295 cm³/mol. The summed E-state index contributed by atoms with van der Waals surface area (Å²) in [5, 5.41) is 24.1. The molecule has 6 bridgehead atoms. The van der Waals surface area contributed by atoms with Crippen LogP contribution in [0.2, 0.25) is 0 Å². The molecule has 14 rings (SSSR count). The zero-order chi connectivity index (χ0) is 49.3. The molecule has 6 heterocycles. The Morgan fingerprint density at radius 1 is 0.526 bits per heavy atom. The molecule has 76 heavy (non-hydrogen) atoms. The molecule has 367 valence electrons. The average Bonchev–Trinajstić information content (AvgIpc) is 4.08. The fourth-order valence-electron chi connectivity index (χ4n) is 10.8. The fourth-order valence-corrected chi connectivity index (χ4v) is 15.8. The summed E-state index contributed by atoms with van der Waals surface area (Å²) in [6, 6.07) is 40.9. The van der Waals surface area contributed by atoms with Crippen LogP contribution in [0.3, 0.4) is 0 Å². The first-order valence-electron chi connectivity index (χ1n) is 24.2. The third kappa shape index (κ3) is 8.97. The second-order valence-corrected chi connectivity index (χ2v) is 24.8. The molecule has 10 aromatic rings. The number of unbranched alkanes of at least 4 members (excludes halogenated alkanes) is 2. The van der Waals surface area contributed by atoms with Gasteiger partial charge in [-0.25, -0.2) is 5.26 Å². The molecule has 0 amide bonds. The quantitative estimate of drug-likeness (QED) is 0.0639. The van der Waals surface area contributed by atoms with Crippen molar-refractivity contribution in [3.8, 4) is 0 Å². The van der Waals surface area contributed by atoms with Gasteiger partial charge in [0.15, 0.2) is 0 Å². The van der Waals surface area contributed by atoms with E-state index < -0.39 is 33.6 Å². The minimum atomic E-state index is -4.48. The zero-order valence-electron chi connectivity index (χ0n) is 43.8. The Hall–Kier alpha value is -4.87. The first-order chi connectivity index (χ1) is 35.6. The van der Waals surface area contributed by atoms with Gasteiger partial charge in [0.2, 0.25) is 0 Å². The standard InChI is InChI=1S/C56H40N8O6S2.In.2Na.H2O.2H/c1-3-5-7-29-9-11-31-21-41-45(25-35(31)17-29)53-59-50(41)58-52-44-24-34-14-16-40(72(66,67)68)20-38(34)28-48(44)56(62-52)64-54-46-26-36-18-30(8-6-4-2)10-12-32(36)22-42(46)49(60-54)57-51-43-23-33-13-15-39(71-70-69-65)19-37(33)27-47(43)55(61-51)63-53;;;;;;/h9-28H,3-8H2,1-2H3,(H2-2,57,58,59,60,61,62,63,64,65,66,67,68);;;;1H2;;/q-2;+2;2*+1;;2*-1. The zero-order valence-corrected chi connectivity index (χ0v) is 50.7. The normalized spacial score (nSPS) is 13.9. The molecule has 0 saturated carbocycles. The van der Waals surface area contributed by atoms with E-state index in [0.717, 1.165) is 148 Å². The predicted octanol–water partition coefficient (Wildman–Crippen LogP) is 4.85. The molecule has 8 aromatic carbocycles. The van der Waals surface area contributed by atoms with E-state index in [1.54, 1.807) is 6.07 Å². The van der Waals surface area contributed by atoms with Gasteiger partial charge in [0.1, 0.15) is 0 Å². The van der Waals surface area contributed by atoms with Crippen LogP contribution in [0.15, 0.2) is 161 Å². The van der Waals surface area contributed by atoms with Gasteiger partial charge in [-0.15, -0.1) is 0 Å². The molecule has 0 atom stereocenters. The van der Waals surface area contributed by atoms with Crippen LogP contribution in [-0.2, 0) is 32.3 Å². The van der Waals surface area contributed by atoms with E-state index in [9.17, 15) is 13.0 Å². The molecule has 15 nitrogen and oxygen atoms in total. The van der Waals surface area contributed by atoms with Gasteiger partial charge in [-0.3, -0.25) is 0 Å². The largest absolute Gasteiger partial charge is 1.00 e. The van der Waals surface area contributed by atoms with E-state index in [1.165, 1.54) is 23.3 Å². The summed E-state index contributed by atoms with van der Waals surface area (Å²) < 4.78 is 44.4. The van der Waals surface area contributed by atoms with E-state index in [0.29, 0.717) is 40.1 Å². The molecular formula is C56H44InN8Na2O7S2. The Morgan fingerprint density at radius 3 is 1.49 bits per heavy atom. The van der Waals surface area contributed by atoms with Gasteiger partial charge in [-0.1, -0.05) is 0 Å². The van der Waals surface area contributed by atoms with E-state index in [2.05, 4.69) is 96.8 Å². The van der Waals surface area contributed by atoms with Crippen molar-refractivity contribution < 1.29 is 95.0 Å². The second kappa shape index (κ2) is 20.7. The maximum atomic E-state index is 12.4. The maximum absolute atomic E-state index is 12.4. The van der Waals surface area contributed by atoms with Crippen LogP contribution in [0.4, 0.5) is 11.6 Å². The third-order valence-corrected chi connectivity index (χ3v) is 20.0. The number of benzene rings is 8. The Kier molecular flexibility index (Phi) is 14.5. The van der Waals surface area contributed by atoms with Crippen molar-refractivity contribution in [3.05, 3.63) is 166 Å². The first-order valence-corrected chi connectivity index (χ1v) is 29.4. The molecule has 0 fully saturated rings. The van der Waals surface area contributed by atoms with Crippen LogP contribution < -0.4 is 70.1 Å². The molecule has 0 unspecified atom stereocenters. The summed E-state index contributed by atoms with van der Waals surface area (Å²) in [7, 11) is -4.48. The molecule has 2 aromatic heterocycles. The minimum absolute atomic E-state index is 0. The fraction of sp³-hybridized carbons (Fsp3) is 0.143. The second-order valence-electron chi connectivity index (χ2n) is 19.0. The smallest absolute Gasteiger partial charge is 1.00 e. The number of nitrogens with zero attached hydrogens (tertiary/aromatic N) is 8. The van der Waals surface area contributed by atoms with Crippen molar-refractivity contribution in [3.63, 3.8) is 0 Å². The van der Waals surface area contributed by atoms with Crippen LogP contribution in [0.25, 0.3) is 64.6 Å². The van der Waals surface area contributed by atoms with E-state index in [1.807, 2.05) is 30.3 Å².